The third kappa shape index (κ3) is 7.20. The van der Waals surface area contributed by atoms with Crippen molar-refractivity contribution in [3.63, 3.8) is 0 Å². The molecule has 0 atom stereocenters. The molecule has 0 N–H and O–H groups in total. The zero-order valence-corrected chi connectivity index (χ0v) is 12.3. The van der Waals surface area contributed by atoms with Crippen molar-refractivity contribution in [3.05, 3.63) is 12.7 Å². The molecular weight excluding hydrogens is 251 g/mol. The first-order valence-corrected chi connectivity index (χ1v) is 15.5. The van der Waals surface area contributed by atoms with E-state index < -0.39 is 18.4 Å². The fourth-order valence-electron chi connectivity index (χ4n) is 2.02. The second kappa shape index (κ2) is 4.69. The Morgan fingerprint density at radius 2 is 1.75 bits per heavy atom. The Morgan fingerprint density at radius 3 is 2.08 bits per heavy atom. The van der Waals surface area contributed by atoms with Crippen LogP contribution in [0.5, 0.6) is 0 Å². The predicted octanol–water partition coefficient (Wildman–Crippen LogP) is 4.32. The van der Waals surface area contributed by atoms with Crippen LogP contribution in [0.4, 0.5) is 0 Å². The average Bonchev–Trinajstić information content (AvgIpc) is 1.78. The van der Waals surface area contributed by atoms with Gasteiger partial charge in [-0.3, -0.25) is 0 Å². The van der Waals surface area contributed by atoms with E-state index in [4.69, 9.17) is 0 Å². The first kappa shape index (κ1) is 12.5. The van der Waals surface area contributed by atoms with Crippen molar-refractivity contribution >= 4 is 18.4 Å². The third-order valence-corrected chi connectivity index (χ3v) is 7.79. The van der Waals surface area contributed by atoms with Crippen molar-refractivity contribution in [1.29, 1.82) is 0 Å². The van der Waals surface area contributed by atoms with Gasteiger partial charge in [-0.15, -0.1) is 0 Å². The molecule has 0 aliphatic rings. The zero-order valence-electron chi connectivity index (χ0n) is 9.41. The van der Waals surface area contributed by atoms with Crippen molar-refractivity contribution in [2.24, 2.45) is 5.41 Å². The summed E-state index contributed by atoms with van der Waals surface area (Å²) in [6.07, 6.45) is 4.53. The Bertz CT molecular complexity index is 140. The van der Waals surface area contributed by atoms with Crippen LogP contribution in [0, 0.1) is 5.41 Å². The SMILES string of the molecule is C=CCCC(C)(C)[CH2][Sn]([CH3])([CH3])[CH3]. The molecule has 0 spiro atoms. The van der Waals surface area contributed by atoms with Crippen molar-refractivity contribution in [3.8, 4) is 0 Å². The molecule has 0 heterocycles. The standard InChI is InChI=1S/C8H15.3CH3.Sn/c1-5-6-7-8(2,3)4;;;;/h5H,1-2,6-7H2,3-4H3;3*1H3;. The van der Waals surface area contributed by atoms with E-state index in [1.807, 2.05) is 6.08 Å². The normalized spacial score (nSPS) is 13.1. The van der Waals surface area contributed by atoms with Gasteiger partial charge in [-0.05, 0) is 0 Å². The fraction of sp³-hybridized carbons (Fsp3) is 0.818. The molecule has 72 valence electrons. The molecule has 0 rings (SSSR count). The van der Waals surface area contributed by atoms with Crippen LogP contribution < -0.4 is 0 Å². The molecule has 0 radical (unpaired) electrons. The molecule has 0 aliphatic carbocycles. The minimum atomic E-state index is -1.56. The number of rotatable bonds is 5. The van der Waals surface area contributed by atoms with Crippen molar-refractivity contribution in [2.75, 3.05) is 0 Å². The second-order valence-corrected chi connectivity index (χ2v) is 21.4. The summed E-state index contributed by atoms with van der Waals surface area (Å²) in [5.41, 5.74) is 0.558. The topological polar surface area (TPSA) is 0 Å². The molecule has 0 amide bonds. The summed E-state index contributed by atoms with van der Waals surface area (Å²) in [5, 5.41) is 0. The summed E-state index contributed by atoms with van der Waals surface area (Å²) < 4.78 is 1.50. The van der Waals surface area contributed by atoms with Gasteiger partial charge in [0.1, 0.15) is 0 Å². The Labute approximate surface area is 82.3 Å². The summed E-state index contributed by atoms with van der Waals surface area (Å²) in [6, 6.07) is 0. The van der Waals surface area contributed by atoms with Crippen LogP contribution in [0.2, 0.25) is 19.3 Å². The van der Waals surface area contributed by atoms with Gasteiger partial charge in [0.25, 0.3) is 0 Å². The monoisotopic (exact) mass is 276 g/mol. The van der Waals surface area contributed by atoms with Crippen molar-refractivity contribution < 1.29 is 0 Å². The summed E-state index contributed by atoms with van der Waals surface area (Å²) in [7, 11) is 0. The molecule has 0 aromatic rings. The van der Waals surface area contributed by atoms with Gasteiger partial charge in [-0.2, -0.15) is 0 Å². The molecule has 0 nitrogen and oxygen atoms in total. The Morgan fingerprint density at radius 1 is 1.25 bits per heavy atom. The van der Waals surface area contributed by atoms with E-state index in [1.54, 1.807) is 0 Å². The van der Waals surface area contributed by atoms with Gasteiger partial charge in [0, 0.05) is 0 Å². The molecule has 0 saturated heterocycles. The van der Waals surface area contributed by atoms with Crippen LogP contribution in [-0.2, 0) is 0 Å². The van der Waals surface area contributed by atoms with E-state index in [-0.39, 0.29) is 0 Å². The summed E-state index contributed by atoms with van der Waals surface area (Å²) in [6.45, 7) is 8.58. The number of allylic oxidation sites excluding steroid dienone is 1. The van der Waals surface area contributed by atoms with Crippen LogP contribution in [-0.4, -0.2) is 18.4 Å². The predicted molar refractivity (Wildman–Crippen MR) is 61.4 cm³/mol. The van der Waals surface area contributed by atoms with Gasteiger partial charge in [0.2, 0.25) is 0 Å². The Hall–Kier alpha value is 0.539. The molecule has 0 unspecified atom stereocenters. The van der Waals surface area contributed by atoms with E-state index in [0.29, 0.717) is 5.41 Å². The molecule has 1 heteroatoms. The van der Waals surface area contributed by atoms with Gasteiger partial charge in [0.15, 0.2) is 0 Å². The molecule has 0 bridgehead atoms. The van der Waals surface area contributed by atoms with E-state index >= 15 is 0 Å². The van der Waals surface area contributed by atoms with Crippen LogP contribution in [0.25, 0.3) is 0 Å². The summed E-state index contributed by atoms with van der Waals surface area (Å²) >= 11 is -1.56. The maximum atomic E-state index is 3.78. The zero-order chi connectivity index (χ0) is 9.83. The van der Waals surface area contributed by atoms with Crippen LogP contribution in [0.15, 0.2) is 12.7 Å². The second-order valence-electron chi connectivity index (χ2n) is 5.73. The maximum absolute atomic E-state index is 3.78. The van der Waals surface area contributed by atoms with Gasteiger partial charge >= 0.3 is 82.4 Å². The average molecular weight is 275 g/mol. The van der Waals surface area contributed by atoms with E-state index in [9.17, 15) is 0 Å². The van der Waals surface area contributed by atoms with E-state index in [2.05, 4.69) is 35.2 Å². The van der Waals surface area contributed by atoms with Crippen LogP contribution in [0.3, 0.4) is 0 Å². The number of hydrogen-bond acceptors (Lipinski definition) is 0. The molecule has 0 fully saturated rings. The van der Waals surface area contributed by atoms with Gasteiger partial charge in [-0.25, -0.2) is 0 Å². The van der Waals surface area contributed by atoms with Gasteiger partial charge in [-0.1, -0.05) is 0 Å². The van der Waals surface area contributed by atoms with Crippen LogP contribution in [0.1, 0.15) is 26.7 Å². The first-order chi connectivity index (χ1) is 5.27. The molecule has 0 aliphatic heterocycles. The fourth-order valence-corrected chi connectivity index (χ4v) is 10.7. The molecule has 12 heavy (non-hydrogen) atoms. The Balaban J connectivity index is 3.94. The Kier molecular flexibility index (Phi) is 4.90. The van der Waals surface area contributed by atoms with Crippen molar-refractivity contribution in [2.45, 2.75) is 45.9 Å². The molecular formula is C11H24Sn. The third-order valence-electron chi connectivity index (χ3n) is 2.03. The quantitative estimate of drug-likeness (QED) is 0.518. The number of hydrogen-bond donors (Lipinski definition) is 0. The van der Waals surface area contributed by atoms with Gasteiger partial charge < -0.3 is 0 Å². The van der Waals surface area contributed by atoms with E-state index in [1.165, 1.54) is 17.3 Å². The van der Waals surface area contributed by atoms with E-state index in [0.717, 1.165) is 0 Å². The molecule has 0 aromatic heterocycles. The summed E-state index contributed by atoms with van der Waals surface area (Å²) in [5.74, 6) is 0. The minimum absolute atomic E-state index is 0.558. The van der Waals surface area contributed by atoms with Gasteiger partial charge in [0.05, 0.1) is 0 Å². The van der Waals surface area contributed by atoms with Crippen LogP contribution >= 0.6 is 0 Å². The van der Waals surface area contributed by atoms with Crippen molar-refractivity contribution in [1.82, 2.24) is 0 Å². The molecule has 0 saturated carbocycles. The molecule has 0 aromatic carbocycles. The summed E-state index contributed by atoms with van der Waals surface area (Å²) in [4.78, 5) is 7.55. The first-order valence-electron chi connectivity index (χ1n) is 4.88.